The zero-order valence-corrected chi connectivity index (χ0v) is 12.6. The van der Waals surface area contributed by atoms with E-state index >= 15 is 0 Å². The van der Waals surface area contributed by atoms with Crippen LogP contribution in [0.4, 0.5) is 0 Å². The molecular weight excluding hydrogens is 204 g/mol. The predicted molar refractivity (Wildman–Crippen MR) is 70.7 cm³/mol. The van der Waals surface area contributed by atoms with Crippen LogP contribution in [0.1, 0.15) is 34.1 Å². The first-order chi connectivity index (χ1) is 6.41. The molecule has 0 amide bonds. The quantitative estimate of drug-likeness (QED) is 0.609. The Labute approximate surface area is 92.9 Å². The van der Waals surface area contributed by atoms with Gasteiger partial charge >= 0.3 is 0 Å². The second-order valence-corrected chi connectivity index (χ2v) is 10.4. The van der Waals surface area contributed by atoms with E-state index in [1.54, 1.807) is 0 Å². The van der Waals surface area contributed by atoms with Gasteiger partial charge in [0.15, 0.2) is 9.76 Å². The molecular formula is C11H24OSi2. The molecule has 0 radical (unpaired) electrons. The highest BCUT2D eigenvalue weighted by Gasteiger charge is 2.21. The number of rotatable bonds is 7. The average Bonchev–Trinajstić information content (AvgIpc) is 2.03. The summed E-state index contributed by atoms with van der Waals surface area (Å²) in [6.07, 6.45) is 1.26. The second kappa shape index (κ2) is 6.37. The summed E-state index contributed by atoms with van der Waals surface area (Å²) in [6, 6.07) is 0. The maximum absolute atomic E-state index is 5.95. The normalized spacial score (nSPS) is 13.0. The Morgan fingerprint density at radius 3 is 2.21 bits per heavy atom. The minimum absolute atomic E-state index is 0.408. The van der Waals surface area contributed by atoms with Gasteiger partial charge in [0, 0.05) is 0 Å². The Morgan fingerprint density at radius 2 is 1.86 bits per heavy atom. The average molecular weight is 228 g/mol. The molecule has 0 aromatic carbocycles. The minimum atomic E-state index is -1.25. The fourth-order valence-corrected chi connectivity index (χ4v) is 6.27. The first-order valence-electron chi connectivity index (χ1n) is 5.28. The molecule has 0 rings (SSSR count). The SMILES string of the molecule is C=C[SiH](C=C)O[SiH2]C(C)(C)CC(C)C. The van der Waals surface area contributed by atoms with Crippen LogP contribution in [0.3, 0.4) is 0 Å². The Balaban J connectivity index is 3.96. The third-order valence-corrected chi connectivity index (χ3v) is 6.30. The molecule has 0 bridgehead atoms. The molecule has 0 aliphatic rings. The van der Waals surface area contributed by atoms with Gasteiger partial charge in [-0.15, -0.1) is 13.2 Å². The summed E-state index contributed by atoms with van der Waals surface area (Å²) < 4.78 is 5.95. The summed E-state index contributed by atoms with van der Waals surface area (Å²) in [6.45, 7) is 16.7. The van der Waals surface area contributed by atoms with Crippen molar-refractivity contribution >= 4 is 18.8 Å². The van der Waals surface area contributed by atoms with Crippen LogP contribution in [-0.4, -0.2) is 18.8 Å². The van der Waals surface area contributed by atoms with Crippen molar-refractivity contribution in [2.75, 3.05) is 0 Å². The maximum Gasteiger partial charge on any atom is 0.212 e. The van der Waals surface area contributed by atoms with Crippen LogP contribution in [0, 0.1) is 5.92 Å². The van der Waals surface area contributed by atoms with E-state index in [0.29, 0.717) is 5.04 Å². The van der Waals surface area contributed by atoms with Crippen molar-refractivity contribution in [1.82, 2.24) is 0 Å². The van der Waals surface area contributed by atoms with E-state index in [-0.39, 0.29) is 0 Å². The van der Waals surface area contributed by atoms with E-state index in [1.165, 1.54) is 6.42 Å². The zero-order valence-electron chi connectivity index (χ0n) is 10.0. The third kappa shape index (κ3) is 6.35. The van der Waals surface area contributed by atoms with Crippen molar-refractivity contribution in [3.05, 3.63) is 24.6 Å². The van der Waals surface area contributed by atoms with Crippen molar-refractivity contribution in [2.24, 2.45) is 5.92 Å². The highest BCUT2D eigenvalue weighted by molar-refractivity contribution is 6.68. The molecule has 0 saturated carbocycles. The fourth-order valence-electron chi connectivity index (χ4n) is 1.72. The Bertz CT molecular complexity index is 180. The topological polar surface area (TPSA) is 9.23 Å². The van der Waals surface area contributed by atoms with Gasteiger partial charge in [0.05, 0.1) is 0 Å². The lowest BCUT2D eigenvalue weighted by atomic mass is 10.00. The van der Waals surface area contributed by atoms with E-state index in [4.69, 9.17) is 4.12 Å². The van der Waals surface area contributed by atoms with E-state index in [2.05, 4.69) is 40.9 Å². The van der Waals surface area contributed by atoms with Crippen LogP contribution < -0.4 is 0 Å². The highest BCUT2D eigenvalue weighted by Crippen LogP contribution is 2.31. The predicted octanol–water partition coefficient (Wildman–Crippen LogP) is 2.51. The van der Waals surface area contributed by atoms with Crippen LogP contribution >= 0.6 is 0 Å². The molecule has 0 saturated heterocycles. The van der Waals surface area contributed by atoms with Gasteiger partial charge in [-0.05, 0) is 17.4 Å². The van der Waals surface area contributed by atoms with Crippen molar-refractivity contribution in [3.63, 3.8) is 0 Å². The lowest BCUT2D eigenvalue weighted by Crippen LogP contribution is -2.24. The Hall–Kier alpha value is -0.126. The molecule has 0 atom stereocenters. The van der Waals surface area contributed by atoms with Gasteiger partial charge in [0.25, 0.3) is 0 Å². The first-order valence-corrected chi connectivity index (χ1v) is 8.37. The number of hydrogen-bond donors (Lipinski definition) is 0. The molecule has 14 heavy (non-hydrogen) atoms. The highest BCUT2D eigenvalue weighted by atomic mass is 28.3. The molecule has 0 aliphatic heterocycles. The van der Waals surface area contributed by atoms with Crippen LogP contribution in [0.15, 0.2) is 24.6 Å². The molecule has 0 aromatic rings. The standard InChI is InChI=1S/C11H24OSi2/c1-7-14(8-2)12-13-11(5,6)9-10(3)4/h7-8,10,14H,1-2,9,13H2,3-6H3. The van der Waals surface area contributed by atoms with Crippen molar-refractivity contribution in [2.45, 2.75) is 39.2 Å². The molecule has 0 N–H and O–H groups in total. The summed E-state index contributed by atoms with van der Waals surface area (Å²) in [4.78, 5) is 0. The summed E-state index contributed by atoms with van der Waals surface area (Å²) >= 11 is 0. The monoisotopic (exact) mass is 228 g/mol. The molecule has 3 heteroatoms. The first kappa shape index (κ1) is 13.9. The van der Waals surface area contributed by atoms with Gasteiger partial charge in [-0.25, -0.2) is 0 Å². The van der Waals surface area contributed by atoms with Gasteiger partial charge < -0.3 is 4.12 Å². The summed E-state index contributed by atoms with van der Waals surface area (Å²) in [5, 5.41) is 0.408. The van der Waals surface area contributed by atoms with E-state index < -0.39 is 18.8 Å². The third-order valence-electron chi connectivity index (χ3n) is 2.09. The smallest absolute Gasteiger partial charge is 0.212 e. The molecule has 82 valence electrons. The fraction of sp³-hybridized carbons (Fsp3) is 0.636. The molecule has 0 aliphatic carbocycles. The molecule has 0 fully saturated rings. The van der Waals surface area contributed by atoms with E-state index in [9.17, 15) is 0 Å². The van der Waals surface area contributed by atoms with Gasteiger partial charge in [0.2, 0.25) is 9.04 Å². The molecule has 0 aromatic heterocycles. The Morgan fingerprint density at radius 1 is 1.36 bits per heavy atom. The Kier molecular flexibility index (Phi) is 6.32. The summed E-state index contributed by atoms with van der Waals surface area (Å²) in [5.74, 6) is 0.758. The van der Waals surface area contributed by atoms with Gasteiger partial charge in [-0.1, -0.05) is 39.1 Å². The molecule has 0 unspecified atom stereocenters. The summed E-state index contributed by atoms with van der Waals surface area (Å²) in [5.41, 5.74) is 3.90. The number of hydrogen-bond acceptors (Lipinski definition) is 1. The van der Waals surface area contributed by atoms with Gasteiger partial charge in [-0.3, -0.25) is 0 Å². The van der Waals surface area contributed by atoms with E-state index in [0.717, 1.165) is 5.92 Å². The largest absolute Gasteiger partial charge is 0.456 e. The lowest BCUT2D eigenvalue weighted by molar-refractivity contribution is 0.447. The molecule has 0 spiro atoms. The van der Waals surface area contributed by atoms with E-state index in [1.807, 2.05) is 11.4 Å². The van der Waals surface area contributed by atoms with Crippen molar-refractivity contribution in [1.29, 1.82) is 0 Å². The zero-order chi connectivity index (χ0) is 11.2. The summed E-state index contributed by atoms with van der Waals surface area (Å²) in [7, 11) is -1.70. The van der Waals surface area contributed by atoms with Crippen LogP contribution in [0.5, 0.6) is 0 Å². The molecule has 1 nitrogen and oxygen atoms in total. The van der Waals surface area contributed by atoms with Crippen molar-refractivity contribution in [3.8, 4) is 0 Å². The van der Waals surface area contributed by atoms with Gasteiger partial charge in [0.1, 0.15) is 0 Å². The maximum atomic E-state index is 5.95. The lowest BCUT2D eigenvalue weighted by Gasteiger charge is -2.27. The van der Waals surface area contributed by atoms with Crippen LogP contribution in [0.2, 0.25) is 5.04 Å². The van der Waals surface area contributed by atoms with Crippen LogP contribution in [0.25, 0.3) is 0 Å². The van der Waals surface area contributed by atoms with Crippen molar-refractivity contribution < 1.29 is 4.12 Å². The van der Waals surface area contributed by atoms with Crippen LogP contribution in [-0.2, 0) is 4.12 Å². The molecule has 0 heterocycles. The second-order valence-electron chi connectivity index (χ2n) is 5.01. The van der Waals surface area contributed by atoms with Gasteiger partial charge in [-0.2, -0.15) is 0 Å². The minimum Gasteiger partial charge on any atom is -0.456 e.